The van der Waals surface area contributed by atoms with Crippen molar-refractivity contribution in [2.75, 3.05) is 4.72 Å². The zero-order valence-electron chi connectivity index (χ0n) is 11.8. The van der Waals surface area contributed by atoms with Crippen LogP contribution in [0, 0.1) is 24.0 Å². The fourth-order valence-corrected chi connectivity index (χ4v) is 3.90. The van der Waals surface area contributed by atoms with Gasteiger partial charge in [-0.25, -0.2) is 8.42 Å². The monoisotopic (exact) mass is 384 g/mol. The highest BCUT2D eigenvalue weighted by Crippen LogP contribution is 2.27. The number of nitrogens with one attached hydrogen (secondary N) is 1. The van der Waals surface area contributed by atoms with Crippen LogP contribution in [-0.2, 0) is 10.0 Å². The quantitative estimate of drug-likeness (QED) is 0.641. The fraction of sp³-hybridized carbons (Fsp3) is 0.143. The zero-order chi connectivity index (χ0) is 16.5. The summed E-state index contributed by atoms with van der Waals surface area (Å²) in [5, 5.41) is 10.6. The number of nitro groups is 1. The lowest BCUT2D eigenvalue weighted by Gasteiger charge is -2.13. The van der Waals surface area contributed by atoms with Gasteiger partial charge in [0.2, 0.25) is 0 Å². The van der Waals surface area contributed by atoms with E-state index in [4.69, 9.17) is 0 Å². The Labute approximate surface area is 136 Å². The summed E-state index contributed by atoms with van der Waals surface area (Å²) in [4.78, 5) is 10.0. The van der Waals surface area contributed by atoms with Crippen LogP contribution in [-0.4, -0.2) is 13.3 Å². The first-order chi connectivity index (χ1) is 10.2. The molecule has 2 aromatic rings. The van der Waals surface area contributed by atoms with Crippen molar-refractivity contribution in [1.29, 1.82) is 0 Å². The summed E-state index contributed by atoms with van der Waals surface area (Å²) in [7, 11) is -3.80. The fourth-order valence-electron chi connectivity index (χ4n) is 2.01. The summed E-state index contributed by atoms with van der Waals surface area (Å²) >= 11 is 3.35. The minimum absolute atomic E-state index is 0.0279. The molecule has 0 saturated carbocycles. The van der Waals surface area contributed by atoms with Gasteiger partial charge >= 0.3 is 0 Å². The third-order valence-electron chi connectivity index (χ3n) is 3.09. The van der Waals surface area contributed by atoms with Crippen LogP contribution in [0.4, 0.5) is 11.4 Å². The van der Waals surface area contributed by atoms with Crippen molar-refractivity contribution in [3.63, 3.8) is 0 Å². The van der Waals surface area contributed by atoms with Gasteiger partial charge in [-0.15, -0.1) is 0 Å². The lowest BCUT2D eigenvalue weighted by atomic mass is 10.1. The molecule has 1 N–H and O–H groups in total. The molecule has 0 aromatic heterocycles. The molecule has 0 unspecified atom stereocenters. The van der Waals surface area contributed by atoms with E-state index in [1.165, 1.54) is 12.1 Å². The predicted molar refractivity (Wildman–Crippen MR) is 87.5 cm³/mol. The maximum atomic E-state index is 12.4. The molecule has 0 bridgehead atoms. The minimum atomic E-state index is -3.80. The number of benzene rings is 2. The number of sulfonamides is 1. The van der Waals surface area contributed by atoms with Gasteiger partial charge in [-0.2, -0.15) is 0 Å². The molecule has 0 radical (unpaired) electrons. The molecule has 116 valence electrons. The summed E-state index contributed by atoms with van der Waals surface area (Å²) in [6.45, 7) is 3.59. The number of non-ortho nitro benzene ring substituents is 1. The zero-order valence-corrected chi connectivity index (χ0v) is 14.2. The molecule has 22 heavy (non-hydrogen) atoms. The lowest BCUT2D eigenvalue weighted by molar-refractivity contribution is -0.384. The van der Waals surface area contributed by atoms with E-state index in [9.17, 15) is 18.5 Å². The van der Waals surface area contributed by atoms with Crippen LogP contribution in [0.15, 0.2) is 45.8 Å². The Bertz CT molecular complexity index is 809. The first-order valence-corrected chi connectivity index (χ1v) is 8.52. The SMILES string of the molecule is Cc1cc(Br)cc(C)c1NS(=O)(=O)c1ccc([N+](=O)[O-])cc1. The standard InChI is InChI=1S/C14H13BrN2O4S/c1-9-7-11(15)8-10(2)14(9)16-22(20,21)13-5-3-12(4-6-13)17(18)19/h3-8,16H,1-2H3. The van der Waals surface area contributed by atoms with Gasteiger partial charge in [-0.3, -0.25) is 14.8 Å². The molecule has 0 aliphatic carbocycles. The molecular formula is C14H13BrN2O4S. The van der Waals surface area contributed by atoms with Crippen LogP contribution in [0.2, 0.25) is 0 Å². The lowest BCUT2D eigenvalue weighted by Crippen LogP contribution is -2.14. The third kappa shape index (κ3) is 3.45. The van der Waals surface area contributed by atoms with Crippen LogP contribution in [0.5, 0.6) is 0 Å². The molecule has 0 aliphatic heterocycles. The smallest absolute Gasteiger partial charge is 0.269 e. The molecule has 0 amide bonds. The Kier molecular flexibility index (Phi) is 4.52. The number of hydrogen-bond acceptors (Lipinski definition) is 4. The number of anilines is 1. The van der Waals surface area contributed by atoms with Gasteiger partial charge < -0.3 is 0 Å². The first kappa shape index (κ1) is 16.4. The Morgan fingerprint density at radius 1 is 1.09 bits per heavy atom. The second-order valence-electron chi connectivity index (χ2n) is 4.77. The van der Waals surface area contributed by atoms with Crippen LogP contribution in [0.25, 0.3) is 0 Å². The Balaban J connectivity index is 2.38. The highest BCUT2D eigenvalue weighted by atomic mass is 79.9. The summed E-state index contributed by atoms with van der Waals surface area (Å²) in [6.07, 6.45) is 0. The Morgan fingerprint density at radius 2 is 1.59 bits per heavy atom. The van der Waals surface area contributed by atoms with Crippen LogP contribution >= 0.6 is 15.9 Å². The van der Waals surface area contributed by atoms with E-state index in [2.05, 4.69) is 20.7 Å². The molecule has 2 rings (SSSR count). The maximum absolute atomic E-state index is 12.4. The van der Waals surface area contributed by atoms with Crippen molar-refractivity contribution in [2.45, 2.75) is 18.7 Å². The number of rotatable bonds is 4. The van der Waals surface area contributed by atoms with Gasteiger partial charge in [-0.1, -0.05) is 15.9 Å². The Hall–Kier alpha value is -1.93. The van der Waals surface area contributed by atoms with Gasteiger partial charge in [0.15, 0.2) is 0 Å². The highest BCUT2D eigenvalue weighted by Gasteiger charge is 2.18. The van der Waals surface area contributed by atoms with Crippen LogP contribution < -0.4 is 4.72 Å². The Morgan fingerprint density at radius 3 is 2.05 bits per heavy atom. The summed E-state index contributed by atoms with van der Waals surface area (Å²) in [5.41, 5.74) is 1.89. The van der Waals surface area contributed by atoms with Crippen LogP contribution in [0.3, 0.4) is 0 Å². The molecule has 0 saturated heterocycles. The van der Waals surface area contributed by atoms with E-state index in [-0.39, 0.29) is 10.6 Å². The van der Waals surface area contributed by atoms with Crippen molar-refractivity contribution >= 4 is 37.3 Å². The van der Waals surface area contributed by atoms with Crippen molar-refractivity contribution in [2.24, 2.45) is 0 Å². The molecule has 0 atom stereocenters. The van der Waals surface area contributed by atoms with Crippen molar-refractivity contribution < 1.29 is 13.3 Å². The summed E-state index contributed by atoms with van der Waals surface area (Å²) in [6, 6.07) is 8.36. The normalized spacial score (nSPS) is 11.2. The van der Waals surface area contributed by atoms with E-state index in [0.29, 0.717) is 5.69 Å². The van der Waals surface area contributed by atoms with Crippen molar-refractivity contribution in [1.82, 2.24) is 0 Å². The van der Waals surface area contributed by atoms with Crippen molar-refractivity contribution in [3.8, 4) is 0 Å². The molecule has 2 aromatic carbocycles. The summed E-state index contributed by atoms with van der Waals surface area (Å²) < 4.78 is 28.1. The number of aryl methyl sites for hydroxylation is 2. The van der Waals surface area contributed by atoms with Gasteiger partial charge in [0.1, 0.15) is 0 Å². The van der Waals surface area contributed by atoms with E-state index < -0.39 is 14.9 Å². The number of halogens is 1. The predicted octanol–water partition coefficient (Wildman–Crippen LogP) is 3.77. The van der Waals surface area contributed by atoms with Gasteiger partial charge in [-0.05, 0) is 49.2 Å². The van der Waals surface area contributed by atoms with Crippen molar-refractivity contribution in [3.05, 3.63) is 62.1 Å². The van der Waals surface area contributed by atoms with Gasteiger partial charge in [0, 0.05) is 16.6 Å². The largest absolute Gasteiger partial charge is 0.279 e. The molecule has 6 nitrogen and oxygen atoms in total. The minimum Gasteiger partial charge on any atom is -0.279 e. The maximum Gasteiger partial charge on any atom is 0.269 e. The second kappa shape index (κ2) is 6.05. The van der Waals surface area contributed by atoms with E-state index in [1.807, 2.05) is 0 Å². The third-order valence-corrected chi connectivity index (χ3v) is 4.92. The molecule has 0 aliphatic rings. The molecule has 0 fully saturated rings. The topological polar surface area (TPSA) is 89.3 Å². The van der Waals surface area contributed by atoms with E-state index in [0.717, 1.165) is 27.7 Å². The molecular weight excluding hydrogens is 372 g/mol. The second-order valence-corrected chi connectivity index (χ2v) is 7.37. The van der Waals surface area contributed by atoms with E-state index in [1.54, 1.807) is 26.0 Å². The molecule has 0 spiro atoms. The highest BCUT2D eigenvalue weighted by molar-refractivity contribution is 9.10. The number of nitro benzene ring substituents is 1. The number of nitrogens with zero attached hydrogens (tertiary/aromatic N) is 1. The average molecular weight is 385 g/mol. The van der Waals surface area contributed by atoms with Gasteiger partial charge in [0.05, 0.1) is 15.5 Å². The number of hydrogen-bond donors (Lipinski definition) is 1. The molecule has 0 heterocycles. The van der Waals surface area contributed by atoms with Crippen LogP contribution in [0.1, 0.15) is 11.1 Å². The van der Waals surface area contributed by atoms with Gasteiger partial charge in [0.25, 0.3) is 15.7 Å². The average Bonchev–Trinajstić information content (AvgIpc) is 2.43. The molecule has 8 heteroatoms. The summed E-state index contributed by atoms with van der Waals surface area (Å²) in [5.74, 6) is 0. The first-order valence-electron chi connectivity index (χ1n) is 6.25. The van der Waals surface area contributed by atoms with E-state index >= 15 is 0 Å².